The molecule has 0 radical (unpaired) electrons. The number of nitriles is 1. The summed E-state index contributed by atoms with van der Waals surface area (Å²) in [7, 11) is 0. The Morgan fingerprint density at radius 3 is 2.56 bits per heavy atom. The van der Waals surface area contributed by atoms with Crippen LogP contribution < -0.4 is 16.2 Å². The van der Waals surface area contributed by atoms with E-state index in [1.54, 1.807) is 6.07 Å². The Bertz CT molecular complexity index is 438. The first kappa shape index (κ1) is 12.1. The van der Waals surface area contributed by atoms with E-state index in [0.29, 0.717) is 0 Å². The molecule has 1 heterocycles. The molecule has 0 saturated carbocycles. The molecule has 4 N–H and O–H groups in total. The van der Waals surface area contributed by atoms with E-state index in [1.807, 2.05) is 0 Å². The molecule has 5 nitrogen and oxygen atoms in total. The third-order valence-corrected chi connectivity index (χ3v) is 1.63. The lowest BCUT2D eigenvalue weighted by Crippen LogP contribution is -2.19. The van der Waals surface area contributed by atoms with Gasteiger partial charge in [-0.05, 0) is 6.07 Å². The normalized spacial score (nSPS) is 10.9. The van der Waals surface area contributed by atoms with Gasteiger partial charge >= 0.3 is 6.36 Å². The van der Waals surface area contributed by atoms with Crippen LogP contribution in [-0.2, 0) is 6.54 Å². The number of alkyl halides is 3. The smallest absolute Gasteiger partial charge is 0.394 e. The van der Waals surface area contributed by atoms with Gasteiger partial charge in [0.2, 0.25) is 5.88 Å². The molecule has 0 bridgehead atoms. The first-order valence-corrected chi connectivity index (χ1v) is 4.02. The molecule has 8 heteroatoms. The quantitative estimate of drug-likeness (QED) is 0.789. The Balaban J connectivity index is 3.18. The number of hydrogen-bond acceptors (Lipinski definition) is 5. The molecule has 0 spiro atoms. The van der Waals surface area contributed by atoms with Crippen molar-refractivity contribution in [2.75, 3.05) is 5.73 Å². The number of anilines is 1. The zero-order chi connectivity index (χ0) is 12.3. The largest absolute Gasteiger partial charge is 0.574 e. The molecule has 1 rings (SSSR count). The molecule has 0 aliphatic heterocycles. The maximum absolute atomic E-state index is 11.9. The van der Waals surface area contributed by atoms with Gasteiger partial charge in [-0.3, -0.25) is 0 Å². The van der Waals surface area contributed by atoms with Gasteiger partial charge in [0.1, 0.15) is 11.8 Å². The van der Waals surface area contributed by atoms with Crippen molar-refractivity contribution in [3.05, 3.63) is 17.3 Å². The van der Waals surface area contributed by atoms with Crippen molar-refractivity contribution < 1.29 is 17.9 Å². The molecule has 1 aromatic rings. The average molecular weight is 232 g/mol. The lowest BCUT2D eigenvalue weighted by molar-refractivity contribution is -0.275. The summed E-state index contributed by atoms with van der Waals surface area (Å²) in [6.07, 6.45) is -4.90. The molecule has 0 aliphatic carbocycles. The number of nitrogens with two attached hydrogens (primary N) is 2. The second-order valence-electron chi connectivity index (χ2n) is 2.75. The standard InChI is InChI=1S/C8H7F3N4O/c9-8(10,11)16-7-5(14)1-4(2-12)6(3-13)15-7/h1H,2,12,14H2. The average Bonchev–Trinajstić information content (AvgIpc) is 2.18. The van der Waals surface area contributed by atoms with E-state index in [0.717, 1.165) is 6.07 Å². The van der Waals surface area contributed by atoms with Gasteiger partial charge in [0.15, 0.2) is 0 Å². The SMILES string of the molecule is N#Cc1nc(OC(F)(F)F)c(N)cc1CN. The first-order chi connectivity index (χ1) is 7.37. The summed E-state index contributed by atoms with van der Waals surface area (Å²) in [5, 5.41) is 8.62. The third-order valence-electron chi connectivity index (χ3n) is 1.63. The van der Waals surface area contributed by atoms with E-state index >= 15 is 0 Å². The molecular weight excluding hydrogens is 225 g/mol. The van der Waals surface area contributed by atoms with Crippen LogP contribution in [0.2, 0.25) is 0 Å². The summed E-state index contributed by atoms with van der Waals surface area (Å²) in [6.45, 7) is -0.0492. The fraction of sp³-hybridized carbons (Fsp3) is 0.250. The van der Waals surface area contributed by atoms with E-state index < -0.39 is 12.2 Å². The summed E-state index contributed by atoms with van der Waals surface area (Å²) in [6, 6.07) is 2.74. The van der Waals surface area contributed by atoms with Gasteiger partial charge in [0.05, 0.1) is 5.69 Å². The number of hydrogen-bond donors (Lipinski definition) is 2. The maximum atomic E-state index is 11.9. The number of nitrogens with zero attached hydrogens (tertiary/aromatic N) is 2. The Kier molecular flexibility index (Phi) is 3.20. The van der Waals surface area contributed by atoms with Crippen molar-refractivity contribution in [3.8, 4) is 11.9 Å². The Morgan fingerprint density at radius 1 is 1.50 bits per heavy atom. The molecular formula is C8H7F3N4O. The Morgan fingerprint density at radius 2 is 2.12 bits per heavy atom. The zero-order valence-electron chi connectivity index (χ0n) is 7.88. The van der Waals surface area contributed by atoms with Gasteiger partial charge in [-0.1, -0.05) is 0 Å². The van der Waals surface area contributed by atoms with Crippen molar-refractivity contribution in [3.63, 3.8) is 0 Å². The summed E-state index contributed by atoms with van der Waals surface area (Å²) in [4.78, 5) is 3.34. The number of ether oxygens (including phenoxy) is 1. The molecule has 0 aliphatic rings. The molecule has 16 heavy (non-hydrogen) atoms. The van der Waals surface area contributed by atoms with Crippen molar-refractivity contribution in [2.45, 2.75) is 12.9 Å². The number of halogens is 3. The van der Waals surface area contributed by atoms with Gasteiger partial charge in [-0.2, -0.15) is 5.26 Å². The summed E-state index contributed by atoms with van der Waals surface area (Å²) < 4.78 is 39.3. The molecule has 1 aromatic heterocycles. The highest BCUT2D eigenvalue weighted by molar-refractivity contribution is 5.53. The lowest BCUT2D eigenvalue weighted by Gasteiger charge is -2.11. The van der Waals surface area contributed by atoms with E-state index in [-0.39, 0.29) is 23.5 Å². The Hall–Kier alpha value is -2.01. The molecule has 0 atom stereocenters. The molecule has 0 saturated heterocycles. The predicted octanol–water partition coefficient (Wildman–Crippen LogP) is 0.893. The predicted molar refractivity (Wildman–Crippen MR) is 47.9 cm³/mol. The van der Waals surface area contributed by atoms with Crippen LogP contribution in [0.1, 0.15) is 11.3 Å². The highest BCUT2D eigenvalue weighted by Crippen LogP contribution is 2.27. The van der Waals surface area contributed by atoms with Crippen LogP contribution in [0, 0.1) is 11.3 Å². The van der Waals surface area contributed by atoms with Crippen LogP contribution >= 0.6 is 0 Å². The number of aromatic nitrogens is 1. The van der Waals surface area contributed by atoms with Crippen LogP contribution in [0.4, 0.5) is 18.9 Å². The highest BCUT2D eigenvalue weighted by Gasteiger charge is 2.33. The monoisotopic (exact) mass is 232 g/mol. The van der Waals surface area contributed by atoms with E-state index in [2.05, 4.69) is 9.72 Å². The molecule has 86 valence electrons. The van der Waals surface area contributed by atoms with E-state index in [9.17, 15) is 13.2 Å². The molecule has 0 amide bonds. The lowest BCUT2D eigenvalue weighted by atomic mass is 10.2. The summed E-state index contributed by atoms with van der Waals surface area (Å²) in [5.74, 6) is -0.846. The van der Waals surface area contributed by atoms with Gasteiger partial charge < -0.3 is 16.2 Å². The molecule has 0 unspecified atom stereocenters. The van der Waals surface area contributed by atoms with Crippen molar-refractivity contribution >= 4 is 5.69 Å². The first-order valence-electron chi connectivity index (χ1n) is 4.02. The number of nitrogen functional groups attached to an aromatic ring is 1. The van der Waals surface area contributed by atoms with E-state index in [1.165, 1.54) is 0 Å². The van der Waals surface area contributed by atoms with Gasteiger partial charge in [-0.15, -0.1) is 13.2 Å². The van der Waals surface area contributed by atoms with Crippen LogP contribution in [0.25, 0.3) is 0 Å². The van der Waals surface area contributed by atoms with Crippen LogP contribution in [0.3, 0.4) is 0 Å². The Labute approximate surface area is 88.4 Å². The summed E-state index contributed by atoms with van der Waals surface area (Å²) in [5.41, 5.74) is 10.2. The van der Waals surface area contributed by atoms with Crippen molar-refractivity contribution in [1.82, 2.24) is 4.98 Å². The van der Waals surface area contributed by atoms with E-state index in [4.69, 9.17) is 16.7 Å². The number of pyridine rings is 1. The minimum absolute atomic E-state index is 0.0492. The highest BCUT2D eigenvalue weighted by atomic mass is 19.4. The van der Waals surface area contributed by atoms with Gasteiger partial charge in [0, 0.05) is 12.1 Å². The molecule has 0 aromatic carbocycles. The molecule has 0 fully saturated rings. The van der Waals surface area contributed by atoms with Crippen molar-refractivity contribution in [2.24, 2.45) is 5.73 Å². The third kappa shape index (κ3) is 2.74. The minimum Gasteiger partial charge on any atom is -0.394 e. The van der Waals surface area contributed by atoms with Crippen molar-refractivity contribution in [1.29, 1.82) is 5.26 Å². The fourth-order valence-corrected chi connectivity index (χ4v) is 0.999. The minimum atomic E-state index is -4.90. The van der Waals surface area contributed by atoms with Gasteiger partial charge in [0.25, 0.3) is 0 Å². The second-order valence-corrected chi connectivity index (χ2v) is 2.75. The van der Waals surface area contributed by atoms with Crippen LogP contribution in [0.5, 0.6) is 5.88 Å². The summed E-state index contributed by atoms with van der Waals surface area (Å²) >= 11 is 0. The van der Waals surface area contributed by atoms with Gasteiger partial charge in [-0.25, -0.2) is 4.98 Å². The topological polar surface area (TPSA) is 97.9 Å². The van der Waals surface area contributed by atoms with Crippen LogP contribution in [-0.4, -0.2) is 11.3 Å². The second kappa shape index (κ2) is 4.24. The zero-order valence-corrected chi connectivity index (χ0v) is 7.88. The fourth-order valence-electron chi connectivity index (χ4n) is 0.999. The number of rotatable bonds is 2. The maximum Gasteiger partial charge on any atom is 0.574 e. The van der Waals surface area contributed by atoms with Crippen LogP contribution in [0.15, 0.2) is 6.07 Å².